The third-order valence-corrected chi connectivity index (χ3v) is 3.29. The molecule has 0 atom stereocenters. The van der Waals surface area contributed by atoms with E-state index in [0.29, 0.717) is 0 Å². The fourth-order valence-corrected chi connectivity index (χ4v) is 2.25. The smallest absolute Gasteiger partial charge is 0.0717 e. The standard InChI is InChI=1S/C15H23BrO/c1-2-3-4-5-6-7-11-17-13-14-9-8-10-15(16)12-14/h8-10,12H,2-7,11,13H2,1H3. The van der Waals surface area contributed by atoms with Crippen molar-refractivity contribution in [2.75, 3.05) is 6.61 Å². The molecule has 1 nitrogen and oxygen atoms in total. The van der Waals surface area contributed by atoms with Crippen LogP contribution < -0.4 is 0 Å². The van der Waals surface area contributed by atoms with E-state index in [9.17, 15) is 0 Å². The fraction of sp³-hybridized carbons (Fsp3) is 0.600. The summed E-state index contributed by atoms with van der Waals surface area (Å²) in [6.07, 6.45) is 7.92. The molecule has 0 fully saturated rings. The summed E-state index contributed by atoms with van der Waals surface area (Å²) in [7, 11) is 0. The zero-order valence-corrected chi connectivity index (χ0v) is 12.3. The van der Waals surface area contributed by atoms with E-state index in [2.05, 4.69) is 35.0 Å². The molecule has 1 rings (SSSR count). The third kappa shape index (κ3) is 7.56. The first-order valence-electron chi connectivity index (χ1n) is 6.65. The molecule has 0 saturated carbocycles. The van der Waals surface area contributed by atoms with E-state index in [1.807, 2.05) is 12.1 Å². The Morgan fingerprint density at radius 1 is 1.06 bits per heavy atom. The zero-order chi connectivity index (χ0) is 12.3. The Hall–Kier alpha value is -0.340. The average molecular weight is 299 g/mol. The summed E-state index contributed by atoms with van der Waals surface area (Å²) in [6.45, 7) is 3.87. The van der Waals surface area contributed by atoms with Crippen LogP contribution >= 0.6 is 15.9 Å². The molecule has 0 amide bonds. The summed E-state index contributed by atoms with van der Waals surface area (Å²) in [6, 6.07) is 8.30. The maximum Gasteiger partial charge on any atom is 0.0717 e. The van der Waals surface area contributed by atoms with Crippen LogP contribution in [0.2, 0.25) is 0 Å². The Kier molecular flexibility index (Phi) is 8.37. The van der Waals surface area contributed by atoms with E-state index >= 15 is 0 Å². The van der Waals surface area contributed by atoms with Crippen LogP contribution in [0.5, 0.6) is 0 Å². The summed E-state index contributed by atoms with van der Waals surface area (Å²) in [5, 5.41) is 0. The van der Waals surface area contributed by atoms with Crippen LogP contribution in [-0.4, -0.2) is 6.61 Å². The lowest BCUT2D eigenvalue weighted by molar-refractivity contribution is 0.116. The third-order valence-electron chi connectivity index (χ3n) is 2.80. The van der Waals surface area contributed by atoms with Crippen molar-refractivity contribution in [1.82, 2.24) is 0 Å². The maximum atomic E-state index is 5.66. The first kappa shape index (κ1) is 14.7. The van der Waals surface area contributed by atoms with E-state index in [0.717, 1.165) is 17.7 Å². The van der Waals surface area contributed by atoms with Gasteiger partial charge in [0.15, 0.2) is 0 Å². The molecule has 0 unspecified atom stereocenters. The SMILES string of the molecule is CCCCCCCCOCc1cccc(Br)c1. The number of hydrogen-bond donors (Lipinski definition) is 0. The summed E-state index contributed by atoms with van der Waals surface area (Å²) in [5.41, 5.74) is 1.24. The first-order chi connectivity index (χ1) is 8.33. The van der Waals surface area contributed by atoms with Crippen molar-refractivity contribution >= 4 is 15.9 Å². The van der Waals surface area contributed by atoms with Crippen molar-refractivity contribution in [3.05, 3.63) is 34.3 Å². The number of benzene rings is 1. The predicted molar refractivity (Wildman–Crippen MR) is 77.2 cm³/mol. The van der Waals surface area contributed by atoms with Crippen LogP contribution in [0.15, 0.2) is 28.7 Å². The van der Waals surface area contributed by atoms with Gasteiger partial charge < -0.3 is 4.74 Å². The molecule has 0 aliphatic rings. The molecular formula is C15H23BrO. The van der Waals surface area contributed by atoms with Crippen molar-refractivity contribution in [1.29, 1.82) is 0 Å². The predicted octanol–water partition coefficient (Wildman–Crippen LogP) is 5.33. The van der Waals surface area contributed by atoms with Crippen molar-refractivity contribution < 1.29 is 4.74 Å². The molecular weight excluding hydrogens is 276 g/mol. The van der Waals surface area contributed by atoms with Crippen LogP contribution in [-0.2, 0) is 11.3 Å². The minimum atomic E-state index is 0.731. The van der Waals surface area contributed by atoms with E-state index in [-0.39, 0.29) is 0 Å². The summed E-state index contributed by atoms with van der Waals surface area (Å²) in [5.74, 6) is 0. The topological polar surface area (TPSA) is 9.23 Å². The Bertz CT molecular complexity index is 299. The van der Waals surface area contributed by atoms with Gasteiger partial charge in [-0.05, 0) is 24.1 Å². The van der Waals surface area contributed by atoms with Gasteiger partial charge in [-0.3, -0.25) is 0 Å². The highest BCUT2D eigenvalue weighted by atomic mass is 79.9. The molecule has 1 aromatic rings. The summed E-state index contributed by atoms with van der Waals surface area (Å²) >= 11 is 3.46. The molecule has 0 saturated heterocycles. The number of ether oxygens (including phenoxy) is 1. The number of unbranched alkanes of at least 4 members (excludes halogenated alkanes) is 5. The highest BCUT2D eigenvalue weighted by Gasteiger charge is 1.95. The molecule has 0 radical (unpaired) electrons. The van der Waals surface area contributed by atoms with Gasteiger partial charge in [-0.15, -0.1) is 0 Å². The van der Waals surface area contributed by atoms with Gasteiger partial charge >= 0.3 is 0 Å². The van der Waals surface area contributed by atoms with E-state index in [1.54, 1.807) is 0 Å². The lowest BCUT2D eigenvalue weighted by Crippen LogP contribution is -1.95. The second-order valence-corrected chi connectivity index (χ2v) is 5.37. The fourth-order valence-electron chi connectivity index (χ4n) is 1.80. The normalized spacial score (nSPS) is 10.7. The minimum absolute atomic E-state index is 0.731. The van der Waals surface area contributed by atoms with Crippen LogP contribution in [0.1, 0.15) is 51.0 Å². The molecule has 0 bridgehead atoms. The monoisotopic (exact) mass is 298 g/mol. The zero-order valence-electron chi connectivity index (χ0n) is 10.8. The summed E-state index contributed by atoms with van der Waals surface area (Å²) < 4.78 is 6.78. The van der Waals surface area contributed by atoms with Gasteiger partial charge in [0.1, 0.15) is 0 Å². The van der Waals surface area contributed by atoms with Gasteiger partial charge in [0.25, 0.3) is 0 Å². The number of rotatable bonds is 9. The largest absolute Gasteiger partial charge is 0.377 e. The number of hydrogen-bond acceptors (Lipinski definition) is 1. The van der Waals surface area contributed by atoms with Crippen molar-refractivity contribution in [2.45, 2.75) is 52.1 Å². The number of halogens is 1. The highest BCUT2D eigenvalue weighted by molar-refractivity contribution is 9.10. The Morgan fingerprint density at radius 2 is 1.82 bits per heavy atom. The molecule has 0 N–H and O–H groups in total. The van der Waals surface area contributed by atoms with Crippen molar-refractivity contribution in [3.63, 3.8) is 0 Å². The molecule has 1 aromatic carbocycles. The molecule has 0 aliphatic carbocycles. The average Bonchev–Trinajstić information content (AvgIpc) is 2.33. The maximum absolute atomic E-state index is 5.66. The van der Waals surface area contributed by atoms with Crippen LogP contribution in [0, 0.1) is 0 Å². The van der Waals surface area contributed by atoms with Crippen molar-refractivity contribution in [3.8, 4) is 0 Å². The Labute approximate surface area is 114 Å². The van der Waals surface area contributed by atoms with Gasteiger partial charge in [0.2, 0.25) is 0 Å². The Balaban J connectivity index is 1.97. The van der Waals surface area contributed by atoms with Gasteiger partial charge in [0.05, 0.1) is 6.61 Å². The minimum Gasteiger partial charge on any atom is -0.377 e. The quantitative estimate of drug-likeness (QED) is 0.560. The van der Waals surface area contributed by atoms with Gasteiger partial charge in [-0.25, -0.2) is 0 Å². The molecule has 0 heterocycles. The molecule has 0 aliphatic heterocycles. The van der Waals surface area contributed by atoms with E-state index < -0.39 is 0 Å². The molecule has 0 spiro atoms. The van der Waals surface area contributed by atoms with Crippen molar-refractivity contribution in [2.24, 2.45) is 0 Å². The van der Waals surface area contributed by atoms with Crippen LogP contribution in [0.25, 0.3) is 0 Å². The molecule has 2 heteroatoms. The van der Waals surface area contributed by atoms with Gasteiger partial charge in [0, 0.05) is 11.1 Å². The second-order valence-electron chi connectivity index (χ2n) is 4.45. The second kappa shape index (κ2) is 9.67. The molecule has 17 heavy (non-hydrogen) atoms. The van der Waals surface area contributed by atoms with E-state index in [4.69, 9.17) is 4.74 Å². The van der Waals surface area contributed by atoms with Crippen LogP contribution in [0.4, 0.5) is 0 Å². The van der Waals surface area contributed by atoms with Gasteiger partial charge in [-0.1, -0.05) is 67.1 Å². The van der Waals surface area contributed by atoms with Crippen LogP contribution in [0.3, 0.4) is 0 Å². The van der Waals surface area contributed by atoms with E-state index in [1.165, 1.54) is 44.1 Å². The molecule has 0 aromatic heterocycles. The lowest BCUT2D eigenvalue weighted by atomic mass is 10.1. The Morgan fingerprint density at radius 3 is 2.59 bits per heavy atom. The van der Waals surface area contributed by atoms with Gasteiger partial charge in [-0.2, -0.15) is 0 Å². The highest BCUT2D eigenvalue weighted by Crippen LogP contribution is 2.12. The summed E-state index contributed by atoms with van der Waals surface area (Å²) in [4.78, 5) is 0. The molecule has 96 valence electrons. The lowest BCUT2D eigenvalue weighted by Gasteiger charge is -2.05. The first-order valence-corrected chi connectivity index (χ1v) is 7.44.